The highest BCUT2D eigenvalue weighted by molar-refractivity contribution is 4.93. The monoisotopic (exact) mass is 256 g/mol. The van der Waals surface area contributed by atoms with Crippen LogP contribution in [0.2, 0.25) is 0 Å². The third-order valence-corrected chi connectivity index (χ3v) is 4.47. The molecule has 1 saturated heterocycles. The predicted molar refractivity (Wildman–Crippen MR) is 72.6 cm³/mol. The average molecular weight is 256 g/mol. The minimum Gasteiger partial charge on any atom is -0.383 e. The van der Waals surface area contributed by atoms with E-state index in [1.807, 2.05) is 0 Å². The Morgan fingerprint density at radius 3 is 2.61 bits per heavy atom. The van der Waals surface area contributed by atoms with Crippen LogP contribution in [0, 0.1) is 5.92 Å². The molecule has 2 aliphatic rings. The molecule has 4 nitrogen and oxygen atoms in total. The third kappa shape index (κ3) is 3.92. The Balaban J connectivity index is 1.89. The van der Waals surface area contributed by atoms with Crippen molar-refractivity contribution in [1.29, 1.82) is 0 Å². The van der Waals surface area contributed by atoms with Crippen molar-refractivity contribution < 1.29 is 9.47 Å². The number of ether oxygens (including phenoxy) is 2. The van der Waals surface area contributed by atoms with Gasteiger partial charge in [-0.1, -0.05) is 0 Å². The van der Waals surface area contributed by atoms with E-state index in [1.54, 1.807) is 7.11 Å². The van der Waals surface area contributed by atoms with Crippen LogP contribution in [0.3, 0.4) is 0 Å². The summed E-state index contributed by atoms with van der Waals surface area (Å²) in [7, 11) is 1.77. The van der Waals surface area contributed by atoms with Crippen molar-refractivity contribution in [3.8, 4) is 0 Å². The van der Waals surface area contributed by atoms with E-state index in [0.717, 1.165) is 51.7 Å². The molecule has 106 valence electrons. The van der Waals surface area contributed by atoms with Crippen LogP contribution in [0.5, 0.6) is 0 Å². The molecule has 0 aromatic heterocycles. The van der Waals surface area contributed by atoms with Gasteiger partial charge in [-0.25, -0.2) is 0 Å². The molecule has 1 heterocycles. The van der Waals surface area contributed by atoms with Gasteiger partial charge in [-0.15, -0.1) is 0 Å². The SMILES string of the molecule is COCCN(CC1(N)CCOCC1)C(C)C1CC1. The summed E-state index contributed by atoms with van der Waals surface area (Å²) in [5, 5.41) is 0. The van der Waals surface area contributed by atoms with Gasteiger partial charge >= 0.3 is 0 Å². The summed E-state index contributed by atoms with van der Waals surface area (Å²) in [6, 6.07) is 0.642. The summed E-state index contributed by atoms with van der Waals surface area (Å²) >= 11 is 0. The average Bonchev–Trinajstić information content (AvgIpc) is 3.18. The molecular formula is C14H28N2O2. The molecule has 0 aromatic rings. The van der Waals surface area contributed by atoms with Gasteiger partial charge in [-0.05, 0) is 38.5 Å². The van der Waals surface area contributed by atoms with Crippen molar-refractivity contribution >= 4 is 0 Å². The van der Waals surface area contributed by atoms with Gasteiger partial charge in [0.2, 0.25) is 0 Å². The van der Waals surface area contributed by atoms with Gasteiger partial charge in [0.05, 0.1) is 6.61 Å². The first-order chi connectivity index (χ1) is 8.64. The van der Waals surface area contributed by atoms with E-state index in [2.05, 4.69) is 11.8 Å². The minimum atomic E-state index is -0.0604. The lowest BCUT2D eigenvalue weighted by Crippen LogP contribution is -2.56. The summed E-state index contributed by atoms with van der Waals surface area (Å²) in [5.41, 5.74) is 6.47. The molecule has 4 heteroatoms. The Morgan fingerprint density at radius 1 is 1.39 bits per heavy atom. The van der Waals surface area contributed by atoms with Crippen LogP contribution in [0.15, 0.2) is 0 Å². The molecule has 1 saturated carbocycles. The molecule has 1 atom stereocenters. The predicted octanol–water partition coefficient (Wildman–Crippen LogP) is 1.24. The first kappa shape index (κ1) is 14.3. The van der Waals surface area contributed by atoms with Gasteiger partial charge in [0, 0.05) is 45.0 Å². The van der Waals surface area contributed by atoms with E-state index in [4.69, 9.17) is 15.2 Å². The van der Waals surface area contributed by atoms with Crippen LogP contribution in [0.4, 0.5) is 0 Å². The third-order valence-electron chi connectivity index (χ3n) is 4.47. The summed E-state index contributed by atoms with van der Waals surface area (Å²) in [5.74, 6) is 0.880. The largest absolute Gasteiger partial charge is 0.383 e. The summed E-state index contributed by atoms with van der Waals surface area (Å²) < 4.78 is 10.7. The van der Waals surface area contributed by atoms with Gasteiger partial charge in [0.25, 0.3) is 0 Å². The maximum Gasteiger partial charge on any atom is 0.0589 e. The van der Waals surface area contributed by atoms with Crippen LogP contribution in [-0.2, 0) is 9.47 Å². The van der Waals surface area contributed by atoms with E-state index in [0.29, 0.717) is 6.04 Å². The van der Waals surface area contributed by atoms with Gasteiger partial charge < -0.3 is 15.2 Å². The van der Waals surface area contributed by atoms with E-state index >= 15 is 0 Å². The van der Waals surface area contributed by atoms with Crippen LogP contribution < -0.4 is 5.73 Å². The van der Waals surface area contributed by atoms with Crippen molar-refractivity contribution in [3.05, 3.63) is 0 Å². The maximum atomic E-state index is 6.53. The molecule has 2 rings (SSSR count). The second-order valence-electron chi connectivity index (χ2n) is 6.02. The molecule has 0 aromatic carbocycles. The Morgan fingerprint density at radius 2 is 2.06 bits per heavy atom. The zero-order chi connectivity index (χ0) is 13.0. The highest BCUT2D eigenvalue weighted by Crippen LogP contribution is 2.35. The fourth-order valence-corrected chi connectivity index (χ4v) is 2.85. The van der Waals surface area contributed by atoms with E-state index in [9.17, 15) is 0 Å². The second kappa shape index (κ2) is 6.33. The molecule has 0 amide bonds. The van der Waals surface area contributed by atoms with Crippen molar-refractivity contribution in [3.63, 3.8) is 0 Å². The smallest absolute Gasteiger partial charge is 0.0589 e. The lowest BCUT2D eigenvalue weighted by Gasteiger charge is -2.40. The number of hydrogen-bond donors (Lipinski definition) is 1. The number of rotatable bonds is 7. The Hall–Kier alpha value is -0.160. The zero-order valence-electron chi connectivity index (χ0n) is 11.9. The minimum absolute atomic E-state index is 0.0604. The normalized spacial score (nSPS) is 25.3. The quantitative estimate of drug-likeness (QED) is 0.744. The van der Waals surface area contributed by atoms with Gasteiger partial charge in [-0.2, -0.15) is 0 Å². The summed E-state index contributed by atoms with van der Waals surface area (Å²) in [6.45, 7) is 6.74. The molecule has 1 aliphatic heterocycles. The molecule has 18 heavy (non-hydrogen) atoms. The highest BCUT2D eigenvalue weighted by atomic mass is 16.5. The van der Waals surface area contributed by atoms with Gasteiger partial charge in [0.15, 0.2) is 0 Å². The van der Waals surface area contributed by atoms with Crippen molar-refractivity contribution in [2.45, 2.75) is 44.2 Å². The molecule has 1 unspecified atom stereocenters. The second-order valence-corrected chi connectivity index (χ2v) is 6.02. The Labute approximate surface area is 111 Å². The Kier molecular flexibility index (Phi) is 5.01. The van der Waals surface area contributed by atoms with E-state index in [-0.39, 0.29) is 5.54 Å². The number of nitrogens with zero attached hydrogens (tertiary/aromatic N) is 1. The van der Waals surface area contributed by atoms with Crippen molar-refractivity contribution in [2.24, 2.45) is 11.7 Å². The Bertz CT molecular complexity index is 250. The number of methoxy groups -OCH3 is 1. The lowest BCUT2D eigenvalue weighted by atomic mass is 9.90. The van der Waals surface area contributed by atoms with Gasteiger partial charge in [0.1, 0.15) is 0 Å². The molecule has 2 N–H and O–H groups in total. The van der Waals surface area contributed by atoms with Gasteiger partial charge in [-0.3, -0.25) is 4.90 Å². The zero-order valence-corrected chi connectivity index (χ0v) is 11.9. The molecular weight excluding hydrogens is 228 g/mol. The van der Waals surface area contributed by atoms with Crippen LogP contribution in [0.1, 0.15) is 32.6 Å². The fraction of sp³-hybridized carbons (Fsp3) is 1.00. The van der Waals surface area contributed by atoms with Crippen LogP contribution in [0.25, 0.3) is 0 Å². The first-order valence-electron chi connectivity index (χ1n) is 7.24. The molecule has 0 spiro atoms. The number of hydrogen-bond acceptors (Lipinski definition) is 4. The fourth-order valence-electron chi connectivity index (χ4n) is 2.85. The standard InChI is InChI=1S/C14H28N2O2/c1-12(13-3-4-13)16(7-10-17-2)11-14(15)5-8-18-9-6-14/h12-13H,3-11,15H2,1-2H3. The van der Waals surface area contributed by atoms with E-state index in [1.165, 1.54) is 12.8 Å². The highest BCUT2D eigenvalue weighted by Gasteiger charge is 2.36. The lowest BCUT2D eigenvalue weighted by molar-refractivity contribution is 0.0235. The van der Waals surface area contributed by atoms with E-state index < -0.39 is 0 Å². The first-order valence-corrected chi connectivity index (χ1v) is 7.24. The van der Waals surface area contributed by atoms with Crippen LogP contribution >= 0.6 is 0 Å². The van der Waals surface area contributed by atoms with Crippen molar-refractivity contribution in [1.82, 2.24) is 4.90 Å². The topological polar surface area (TPSA) is 47.7 Å². The molecule has 1 aliphatic carbocycles. The summed E-state index contributed by atoms with van der Waals surface area (Å²) in [4.78, 5) is 2.53. The summed E-state index contributed by atoms with van der Waals surface area (Å²) in [6.07, 6.45) is 4.72. The van der Waals surface area contributed by atoms with Crippen molar-refractivity contribution in [2.75, 3.05) is 40.0 Å². The molecule has 2 fully saturated rings. The molecule has 0 bridgehead atoms. The van der Waals surface area contributed by atoms with Crippen LogP contribution in [-0.4, -0.2) is 56.5 Å². The molecule has 0 radical (unpaired) electrons. The number of nitrogens with two attached hydrogens (primary N) is 1. The maximum absolute atomic E-state index is 6.53.